The Morgan fingerprint density at radius 3 is 2.69 bits per heavy atom. The lowest BCUT2D eigenvalue weighted by Crippen LogP contribution is -2.05. The minimum absolute atomic E-state index is 0.473. The lowest BCUT2D eigenvalue weighted by molar-refractivity contribution is 0.112. The number of hydrogen-bond donors (Lipinski definition) is 0. The van der Waals surface area contributed by atoms with E-state index in [1.54, 1.807) is 6.20 Å². The second kappa shape index (κ2) is 4.65. The predicted molar refractivity (Wildman–Crippen MR) is 58.5 cm³/mol. The lowest BCUT2D eigenvalue weighted by atomic mass is 10.3. The van der Waals surface area contributed by atoms with Crippen LogP contribution in [0.3, 0.4) is 0 Å². The van der Waals surface area contributed by atoms with Gasteiger partial charge in [0.05, 0.1) is 5.56 Å². The fraction of sp³-hybridized carbons (Fsp3) is 0.273. The zero-order chi connectivity index (χ0) is 11.4. The van der Waals surface area contributed by atoms with E-state index in [9.17, 15) is 4.79 Å². The van der Waals surface area contributed by atoms with Crippen LogP contribution in [-0.4, -0.2) is 25.8 Å². The third kappa shape index (κ3) is 1.98. The smallest absolute Gasteiger partial charge is 0.235 e. The summed E-state index contributed by atoms with van der Waals surface area (Å²) in [7, 11) is 0. The maximum atomic E-state index is 10.5. The highest BCUT2D eigenvalue weighted by molar-refractivity contribution is 5.73. The molecule has 16 heavy (non-hydrogen) atoms. The minimum Gasteiger partial charge on any atom is -0.298 e. The maximum Gasteiger partial charge on any atom is 0.235 e. The molecule has 5 heteroatoms. The Morgan fingerprint density at radius 1 is 1.31 bits per heavy atom. The molecule has 2 rings (SSSR count). The van der Waals surface area contributed by atoms with Crippen molar-refractivity contribution in [2.75, 3.05) is 0 Å². The molecule has 0 saturated carbocycles. The number of aldehydes is 1. The van der Waals surface area contributed by atoms with Crippen molar-refractivity contribution in [2.45, 2.75) is 19.8 Å². The molecule has 0 fully saturated rings. The van der Waals surface area contributed by atoms with Gasteiger partial charge >= 0.3 is 0 Å². The zero-order valence-electron chi connectivity index (χ0n) is 9.00. The van der Waals surface area contributed by atoms with Gasteiger partial charge < -0.3 is 0 Å². The summed E-state index contributed by atoms with van der Waals surface area (Å²) in [5.41, 5.74) is 0.473. The van der Waals surface area contributed by atoms with E-state index in [1.807, 2.05) is 10.8 Å². The van der Waals surface area contributed by atoms with Crippen LogP contribution < -0.4 is 0 Å². The highest BCUT2D eigenvalue weighted by Crippen LogP contribution is 2.07. The first-order valence-electron chi connectivity index (χ1n) is 5.15. The van der Waals surface area contributed by atoms with Crippen LogP contribution in [0.15, 0.2) is 24.8 Å². The fourth-order valence-corrected chi connectivity index (χ4v) is 1.44. The molecule has 0 bridgehead atoms. The first-order valence-corrected chi connectivity index (χ1v) is 5.15. The van der Waals surface area contributed by atoms with Gasteiger partial charge in [0.15, 0.2) is 6.29 Å². The van der Waals surface area contributed by atoms with E-state index in [0.29, 0.717) is 11.5 Å². The molecule has 0 aliphatic heterocycles. The summed E-state index contributed by atoms with van der Waals surface area (Å²) in [4.78, 5) is 22.9. The zero-order valence-corrected chi connectivity index (χ0v) is 9.00. The maximum absolute atomic E-state index is 10.5. The van der Waals surface area contributed by atoms with Gasteiger partial charge in [-0.1, -0.05) is 6.92 Å². The normalized spacial score (nSPS) is 10.3. The minimum atomic E-state index is 0.473. The number of hydrogen-bond acceptors (Lipinski definition) is 4. The predicted octanol–water partition coefficient (Wildman–Crippen LogP) is 1.43. The molecule has 2 heterocycles. The average Bonchev–Trinajstić information content (AvgIpc) is 2.78. The Kier molecular flexibility index (Phi) is 3.05. The highest BCUT2D eigenvalue weighted by atomic mass is 16.1. The molecule has 0 saturated heterocycles. The largest absolute Gasteiger partial charge is 0.298 e. The number of imidazole rings is 1. The number of aromatic nitrogens is 4. The molecule has 82 valence electrons. The summed E-state index contributed by atoms with van der Waals surface area (Å²) in [6.45, 7) is 2.09. The van der Waals surface area contributed by atoms with Crippen molar-refractivity contribution in [2.24, 2.45) is 0 Å². The Hall–Kier alpha value is -2.04. The third-order valence-electron chi connectivity index (χ3n) is 2.20. The van der Waals surface area contributed by atoms with Gasteiger partial charge in [-0.25, -0.2) is 15.0 Å². The van der Waals surface area contributed by atoms with Gasteiger partial charge in [-0.15, -0.1) is 0 Å². The first kappa shape index (κ1) is 10.5. The molecular weight excluding hydrogens is 204 g/mol. The molecule has 0 aliphatic carbocycles. The van der Waals surface area contributed by atoms with Crippen molar-refractivity contribution in [1.82, 2.24) is 19.5 Å². The van der Waals surface area contributed by atoms with Crippen LogP contribution in [0.4, 0.5) is 0 Å². The number of carbonyl (C=O) groups excluding carboxylic acids is 1. The standard InChI is InChI=1S/C11H12N4O/c1-2-3-10-12-4-5-15(10)11-13-6-9(8-16)7-14-11/h4-8H,2-3H2,1H3. The number of carbonyl (C=O) groups is 1. The van der Waals surface area contributed by atoms with E-state index < -0.39 is 0 Å². The SMILES string of the molecule is CCCc1nccn1-c1ncc(C=O)cn1. The molecule has 0 aromatic carbocycles. The lowest BCUT2D eigenvalue weighted by Gasteiger charge is -2.04. The van der Waals surface area contributed by atoms with Crippen molar-refractivity contribution in [1.29, 1.82) is 0 Å². The van der Waals surface area contributed by atoms with E-state index in [2.05, 4.69) is 21.9 Å². The van der Waals surface area contributed by atoms with E-state index in [4.69, 9.17) is 0 Å². The van der Waals surface area contributed by atoms with Crippen molar-refractivity contribution in [3.05, 3.63) is 36.2 Å². The van der Waals surface area contributed by atoms with Gasteiger partial charge in [-0.2, -0.15) is 0 Å². The van der Waals surface area contributed by atoms with Crippen molar-refractivity contribution in [3.8, 4) is 5.95 Å². The van der Waals surface area contributed by atoms with Crippen molar-refractivity contribution in [3.63, 3.8) is 0 Å². The Morgan fingerprint density at radius 2 is 2.06 bits per heavy atom. The molecular formula is C11H12N4O. The number of nitrogens with zero attached hydrogens (tertiary/aromatic N) is 4. The fourth-order valence-electron chi connectivity index (χ4n) is 1.44. The van der Waals surface area contributed by atoms with E-state index >= 15 is 0 Å². The molecule has 0 aliphatic rings. The van der Waals surface area contributed by atoms with Crippen LogP contribution in [0.25, 0.3) is 5.95 Å². The second-order valence-corrected chi connectivity index (χ2v) is 3.40. The average molecular weight is 216 g/mol. The number of rotatable bonds is 4. The summed E-state index contributed by atoms with van der Waals surface area (Å²) < 4.78 is 1.83. The van der Waals surface area contributed by atoms with Crippen LogP contribution in [0.1, 0.15) is 29.5 Å². The Balaban J connectivity index is 2.34. The summed E-state index contributed by atoms with van der Waals surface area (Å²) >= 11 is 0. The van der Waals surface area contributed by atoms with Crippen LogP contribution in [0.5, 0.6) is 0 Å². The molecule has 5 nitrogen and oxygen atoms in total. The van der Waals surface area contributed by atoms with Gasteiger partial charge in [-0.05, 0) is 6.42 Å². The van der Waals surface area contributed by atoms with Crippen LogP contribution in [0.2, 0.25) is 0 Å². The van der Waals surface area contributed by atoms with Crippen LogP contribution >= 0.6 is 0 Å². The van der Waals surface area contributed by atoms with Gasteiger partial charge in [0.25, 0.3) is 0 Å². The second-order valence-electron chi connectivity index (χ2n) is 3.40. The summed E-state index contributed by atoms with van der Waals surface area (Å²) in [6.07, 6.45) is 9.18. The van der Waals surface area contributed by atoms with E-state index in [1.165, 1.54) is 12.4 Å². The van der Waals surface area contributed by atoms with Gasteiger partial charge in [0.1, 0.15) is 5.82 Å². The Labute approximate surface area is 93.2 Å². The molecule has 0 spiro atoms. The van der Waals surface area contributed by atoms with Gasteiger partial charge in [0, 0.05) is 31.2 Å². The molecule has 0 radical (unpaired) electrons. The van der Waals surface area contributed by atoms with Crippen LogP contribution in [-0.2, 0) is 6.42 Å². The molecule has 2 aromatic heterocycles. The molecule has 0 amide bonds. The quantitative estimate of drug-likeness (QED) is 0.725. The summed E-state index contributed by atoms with van der Waals surface area (Å²) in [5, 5.41) is 0. The van der Waals surface area contributed by atoms with Gasteiger partial charge in [0.2, 0.25) is 5.95 Å². The summed E-state index contributed by atoms with van der Waals surface area (Å²) in [6, 6.07) is 0. The molecule has 0 N–H and O–H groups in total. The summed E-state index contributed by atoms with van der Waals surface area (Å²) in [5.74, 6) is 1.48. The van der Waals surface area contributed by atoms with E-state index in [0.717, 1.165) is 25.0 Å². The topological polar surface area (TPSA) is 60.7 Å². The van der Waals surface area contributed by atoms with Crippen molar-refractivity contribution < 1.29 is 4.79 Å². The monoisotopic (exact) mass is 216 g/mol. The Bertz CT molecular complexity index is 475. The van der Waals surface area contributed by atoms with Crippen molar-refractivity contribution >= 4 is 6.29 Å². The molecule has 2 aromatic rings. The highest BCUT2D eigenvalue weighted by Gasteiger charge is 2.05. The first-order chi connectivity index (χ1) is 7.85. The van der Waals surface area contributed by atoms with Crippen LogP contribution in [0, 0.1) is 0 Å². The van der Waals surface area contributed by atoms with Gasteiger partial charge in [-0.3, -0.25) is 9.36 Å². The third-order valence-corrected chi connectivity index (χ3v) is 2.20. The molecule has 0 atom stereocenters. The number of aryl methyl sites for hydroxylation is 1. The van der Waals surface area contributed by atoms with E-state index in [-0.39, 0.29) is 0 Å². The molecule has 0 unspecified atom stereocenters.